The Labute approximate surface area is 128 Å². The number of amides is 1. The summed E-state index contributed by atoms with van der Waals surface area (Å²) in [6.45, 7) is 0. The summed E-state index contributed by atoms with van der Waals surface area (Å²) in [6.07, 6.45) is -1.74. The van der Waals surface area contributed by atoms with E-state index in [4.69, 9.17) is 5.11 Å². The highest BCUT2D eigenvalue weighted by Crippen LogP contribution is 2.29. The monoisotopic (exact) mass is 327 g/mol. The smallest absolute Gasteiger partial charge is 0.416 e. The first-order valence-corrected chi connectivity index (χ1v) is 6.45. The predicted octanol–water partition coefficient (Wildman–Crippen LogP) is 1.85. The minimum atomic E-state index is -4.50. The Bertz CT molecular complexity index is 682. The van der Waals surface area contributed by atoms with Crippen LogP contribution in [0.25, 0.3) is 0 Å². The molecule has 122 valence electrons. The minimum Gasteiger partial charge on any atom is -0.480 e. The Balaban J connectivity index is 2.08. The fourth-order valence-corrected chi connectivity index (χ4v) is 1.87. The summed E-state index contributed by atoms with van der Waals surface area (Å²) < 4.78 is 37.4. The molecule has 6 nitrogen and oxygen atoms in total. The minimum absolute atomic E-state index is 0.0261. The number of imidazole rings is 1. The largest absolute Gasteiger partial charge is 0.480 e. The second kappa shape index (κ2) is 6.51. The van der Waals surface area contributed by atoms with Crippen molar-refractivity contribution in [3.8, 4) is 0 Å². The Morgan fingerprint density at radius 2 is 1.91 bits per heavy atom. The van der Waals surface area contributed by atoms with Crippen LogP contribution >= 0.6 is 0 Å². The number of carboxylic acids is 1. The van der Waals surface area contributed by atoms with Crippen LogP contribution in [0.3, 0.4) is 0 Å². The van der Waals surface area contributed by atoms with E-state index in [9.17, 15) is 22.8 Å². The lowest BCUT2D eigenvalue weighted by Crippen LogP contribution is -2.42. The van der Waals surface area contributed by atoms with Crippen molar-refractivity contribution in [1.29, 1.82) is 0 Å². The molecule has 1 aromatic heterocycles. The first kappa shape index (κ1) is 16.5. The molecule has 0 saturated heterocycles. The van der Waals surface area contributed by atoms with Gasteiger partial charge in [-0.05, 0) is 24.3 Å². The molecular formula is C14H12F3N3O3. The van der Waals surface area contributed by atoms with E-state index < -0.39 is 29.7 Å². The molecule has 0 fully saturated rings. The molecule has 0 saturated carbocycles. The predicted molar refractivity (Wildman–Crippen MR) is 72.6 cm³/mol. The number of rotatable bonds is 5. The Morgan fingerprint density at radius 3 is 2.39 bits per heavy atom. The van der Waals surface area contributed by atoms with Gasteiger partial charge in [0.15, 0.2) is 0 Å². The fraction of sp³-hybridized carbons (Fsp3) is 0.214. The number of halogens is 3. The number of hydrogen-bond donors (Lipinski definition) is 3. The number of aromatic amines is 1. The highest BCUT2D eigenvalue weighted by Gasteiger charge is 2.30. The number of benzene rings is 1. The number of carbonyl (C=O) groups is 2. The number of nitrogens with one attached hydrogen (secondary N) is 2. The maximum absolute atomic E-state index is 12.5. The van der Waals surface area contributed by atoms with E-state index in [-0.39, 0.29) is 12.0 Å². The number of hydrogen-bond acceptors (Lipinski definition) is 3. The van der Waals surface area contributed by atoms with Gasteiger partial charge >= 0.3 is 12.1 Å². The first-order chi connectivity index (χ1) is 10.8. The number of carboxylic acid groups (broad SMARTS) is 1. The van der Waals surface area contributed by atoms with E-state index in [0.717, 1.165) is 24.3 Å². The molecule has 1 aromatic carbocycles. The van der Waals surface area contributed by atoms with Crippen molar-refractivity contribution in [2.75, 3.05) is 0 Å². The average molecular weight is 327 g/mol. The van der Waals surface area contributed by atoms with Crippen molar-refractivity contribution in [1.82, 2.24) is 15.3 Å². The van der Waals surface area contributed by atoms with Gasteiger partial charge in [-0.3, -0.25) is 4.79 Å². The van der Waals surface area contributed by atoms with E-state index in [0.29, 0.717) is 5.69 Å². The molecule has 2 rings (SSSR count). The van der Waals surface area contributed by atoms with Crippen LogP contribution in [-0.2, 0) is 17.4 Å². The molecule has 1 amide bonds. The van der Waals surface area contributed by atoms with Gasteiger partial charge in [-0.2, -0.15) is 13.2 Å². The summed E-state index contributed by atoms with van der Waals surface area (Å²) in [4.78, 5) is 29.6. The second-order valence-corrected chi connectivity index (χ2v) is 4.72. The van der Waals surface area contributed by atoms with Gasteiger partial charge in [0, 0.05) is 23.9 Å². The molecule has 0 radical (unpaired) electrons. The Morgan fingerprint density at radius 1 is 1.26 bits per heavy atom. The molecule has 1 unspecified atom stereocenters. The van der Waals surface area contributed by atoms with Crippen LogP contribution in [0.2, 0.25) is 0 Å². The summed E-state index contributed by atoms with van der Waals surface area (Å²) in [7, 11) is 0. The number of H-pyrrole nitrogens is 1. The quantitative estimate of drug-likeness (QED) is 0.781. The molecule has 0 aliphatic heterocycles. The van der Waals surface area contributed by atoms with E-state index in [1.165, 1.54) is 12.5 Å². The topological polar surface area (TPSA) is 95.1 Å². The third-order valence-corrected chi connectivity index (χ3v) is 3.06. The number of nitrogens with zero attached hydrogens (tertiary/aromatic N) is 1. The Hall–Kier alpha value is -2.84. The lowest BCUT2D eigenvalue weighted by Gasteiger charge is -2.14. The van der Waals surface area contributed by atoms with E-state index in [1.54, 1.807) is 0 Å². The number of alkyl halides is 3. The van der Waals surface area contributed by atoms with Crippen molar-refractivity contribution in [2.24, 2.45) is 0 Å². The van der Waals surface area contributed by atoms with E-state index in [1.807, 2.05) is 0 Å². The van der Waals surface area contributed by atoms with Crippen molar-refractivity contribution < 1.29 is 27.9 Å². The Kier molecular flexibility index (Phi) is 4.68. The number of aliphatic carboxylic acids is 1. The van der Waals surface area contributed by atoms with Crippen LogP contribution in [0.15, 0.2) is 36.8 Å². The van der Waals surface area contributed by atoms with Crippen LogP contribution in [0.1, 0.15) is 21.6 Å². The third-order valence-electron chi connectivity index (χ3n) is 3.06. The van der Waals surface area contributed by atoms with Gasteiger partial charge in [0.05, 0.1) is 11.9 Å². The summed E-state index contributed by atoms with van der Waals surface area (Å²) in [5.41, 5.74) is -0.444. The molecule has 0 spiro atoms. The van der Waals surface area contributed by atoms with Crippen LogP contribution in [-0.4, -0.2) is 33.0 Å². The van der Waals surface area contributed by atoms with Gasteiger partial charge in [0.25, 0.3) is 5.91 Å². The molecule has 1 heterocycles. The molecule has 2 aromatic rings. The highest BCUT2D eigenvalue weighted by atomic mass is 19.4. The zero-order valence-corrected chi connectivity index (χ0v) is 11.6. The molecular weight excluding hydrogens is 315 g/mol. The second-order valence-electron chi connectivity index (χ2n) is 4.72. The van der Waals surface area contributed by atoms with Crippen LogP contribution in [0.4, 0.5) is 13.2 Å². The van der Waals surface area contributed by atoms with Crippen molar-refractivity contribution in [2.45, 2.75) is 18.6 Å². The van der Waals surface area contributed by atoms with Crippen molar-refractivity contribution >= 4 is 11.9 Å². The van der Waals surface area contributed by atoms with Gasteiger partial charge in [0.2, 0.25) is 0 Å². The summed E-state index contributed by atoms with van der Waals surface area (Å²) >= 11 is 0. The summed E-state index contributed by atoms with van der Waals surface area (Å²) in [5, 5.41) is 11.4. The van der Waals surface area contributed by atoms with Crippen molar-refractivity contribution in [3.05, 3.63) is 53.6 Å². The fourth-order valence-electron chi connectivity index (χ4n) is 1.87. The highest BCUT2D eigenvalue weighted by molar-refractivity contribution is 5.96. The van der Waals surface area contributed by atoms with Gasteiger partial charge in [-0.1, -0.05) is 0 Å². The molecule has 1 atom stereocenters. The lowest BCUT2D eigenvalue weighted by molar-refractivity contribution is -0.139. The maximum Gasteiger partial charge on any atom is 0.416 e. The zero-order valence-electron chi connectivity index (χ0n) is 11.6. The molecule has 9 heteroatoms. The number of aromatic nitrogens is 2. The van der Waals surface area contributed by atoms with E-state index >= 15 is 0 Å². The SMILES string of the molecule is O=C(NC(Cc1cnc[nH]1)C(=O)O)c1ccc(C(F)(F)F)cc1. The van der Waals surface area contributed by atoms with Crippen molar-refractivity contribution in [3.63, 3.8) is 0 Å². The van der Waals surface area contributed by atoms with E-state index in [2.05, 4.69) is 15.3 Å². The summed E-state index contributed by atoms with van der Waals surface area (Å²) in [5.74, 6) is -2.04. The maximum atomic E-state index is 12.5. The van der Waals surface area contributed by atoms with Gasteiger partial charge in [-0.25, -0.2) is 9.78 Å². The molecule has 23 heavy (non-hydrogen) atoms. The average Bonchev–Trinajstić information content (AvgIpc) is 2.98. The zero-order chi connectivity index (χ0) is 17.0. The lowest BCUT2D eigenvalue weighted by atomic mass is 10.1. The van der Waals surface area contributed by atoms with Gasteiger partial charge in [0.1, 0.15) is 6.04 Å². The molecule has 0 aliphatic rings. The van der Waals surface area contributed by atoms with Gasteiger partial charge < -0.3 is 15.4 Å². The third kappa shape index (κ3) is 4.31. The van der Waals surface area contributed by atoms with Gasteiger partial charge in [-0.15, -0.1) is 0 Å². The molecule has 0 aliphatic carbocycles. The molecule has 3 N–H and O–H groups in total. The van der Waals surface area contributed by atoms with Crippen LogP contribution in [0.5, 0.6) is 0 Å². The standard InChI is InChI=1S/C14H12F3N3O3/c15-14(16,17)9-3-1-8(2-4-9)12(21)20-11(13(22)23)5-10-6-18-7-19-10/h1-4,6-7,11H,5H2,(H,18,19)(H,20,21)(H,22,23). The summed E-state index contributed by atoms with van der Waals surface area (Å²) in [6, 6.07) is 2.28. The first-order valence-electron chi connectivity index (χ1n) is 6.45. The van der Waals surface area contributed by atoms with Crippen LogP contribution in [0, 0.1) is 0 Å². The molecule has 0 bridgehead atoms. The number of carbonyl (C=O) groups excluding carboxylic acids is 1. The normalized spacial score (nSPS) is 12.7. The van der Waals surface area contributed by atoms with Crippen LogP contribution < -0.4 is 5.32 Å².